The van der Waals surface area contributed by atoms with Crippen LogP contribution in [0.1, 0.15) is 39.8 Å². The third kappa shape index (κ3) is 10.1. The van der Waals surface area contributed by atoms with E-state index in [-0.39, 0.29) is 23.8 Å². The number of thioether (sulfide) groups is 1. The molecule has 16 heteroatoms. The van der Waals surface area contributed by atoms with E-state index < -0.39 is 43.7 Å². The van der Waals surface area contributed by atoms with Gasteiger partial charge in [-0.05, 0) is 37.6 Å². The molecule has 7 atom stereocenters. The zero-order valence-electron chi connectivity index (χ0n) is 24.1. The number of nitrogen functional groups attached to an aromatic ring is 1. The van der Waals surface area contributed by atoms with Gasteiger partial charge in [-0.1, -0.05) is 60.3 Å². The number of aromatic nitrogens is 2. The van der Waals surface area contributed by atoms with E-state index >= 15 is 0 Å². The quantitative estimate of drug-likeness (QED) is 0.104. The maximum atomic E-state index is 12.0. The number of carbonyl (C=O) groups is 2. The average Bonchev–Trinajstić information content (AvgIpc) is 3.59. The summed E-state index contributed by atoms with van der Waals surface area (Å²) in [5, 5.41) is 23.6. The maximum Gasteiger partial charge on any atom is 0.351 e. The first-order valence-electron chi connectivity index (χ1n) is 14.1. The van der Waals surface area contributed by atoms with Gasteiger partial charge in [0.1, 0.15) is 37.0 Å². The van der Waals surface area contributed by atoms with Crippen molar-refractivity contribution in [1.29, 1.82) is 0 Å². The highest BCUT2D eigenvalue weighted by Gasteiger charge is 2.44. The molecule has 13 nitrogen and oxygen atoms in total. The second kappa shape index (κ2) is 17.2. The summed E-state index contributed by atoms with van der Waals surface area (Å²) in [4.78, 5) is 39.3. The Labute approximate surface area is 270 Å². The number of thiol groups is 1. The predicted octanol–water partition coefficient (Wildman–Crippen LogP) is 2.32. The zero-order valence-corrected chi connectivity index (χ0v) is 26.7. The smallest absolute Gasteiger partial charge is 0.351 e. The summed E-state index contributed by atoms with van der Waals surface area (Å²) in [5.74, 6) is 0.657. The van der Waals surface area contributed by atoms with Crippen molar-refractivity contribution in [2.24, 2.45) is 11.4 Å². The minimum Gasteiger partial charge on any atom is -0.459 e. The largest absolute Gasteiger partial charge is 0.459 e. The first-order chi connectivity index (χ1) is 21.6. The van der Waals surface area contributed by atoms with Gasteiger partial charge >= 0.3 is 11.7 Å². The van der Waals surface area contributed by atoms with E-state index in [1.54, 1.807) is 30.3 Å². The summed E-state index contributed by atoms with van der Waals surface area (Å²) < 4.78 is 17.2. The lowest BCUT2D eigenvalue weighted by Crippen LogP contribution is -2.36. The van der Waals surface area contributed by atoms with Gasteiger partial charge in [-0.15, -0.1) is 12.2 Å². The van der Waals surface area contributed by atoms with Crippen molar-refractivity contribution < 1.29 is 33.8 Å². The van der Waals surface area contributed by atoms with E-state index in [9.17, 15) is 24.6 Å². The molecule has 5 rings (SSSR count). The number of aliphatic hydroxyl groups excluding tert-OH is 2. The number of benzene rings is 2. The van der Waals surface area contributed by atoms with Crippen LogP contribution in [0.25, 0.3) is 0 Å². The average molecular weight is 678 g/mol. The van der Waals surface area contributed by atoms with Crippen molar-refractivity contribution in [3.63, 3.8) is 0 Å². The van der Waals surface area contributed by atoms with E-state index in [2.05, 4.69) is 22.5 Å². The fourth-order valence-electron chi connectivity index (χ4n) is 4.76. The molecule has 3 unspecified atom stereocenters. The molecular weight excluding hydrogens is 641 g/mol. The third-order valence-corrected chi connectivity index (χ3v) is 8.76. The molecule has 0 radical (unpaired) electrons. The molecule has 2 aromatic carbocycles. The molecule has 0 spiro atoms. The number of esters is 1. The fourth-order valence-corrected chi connectivity index (χ4v) is 6.45. The van der Waals surface area contributed by atoms with Gasteiger partial charge in [0.15, 0.2) is 13.7 Å². The van der Waals surface area contributed by atoms with Gasteiger partial charge < -0.3 is 29.9 Å². The molecule has 242 valence electrons. The van der Waals surface area contributed by atoms with Gasteiger partial charge in [-0.25, -0.2) is 9.59 Å². The van der Waals surface area contributed by atoms with Crippen molar-refractivity contribution in [3.8, 4) is 0 Å². The number of ether oxygens (including phenoxy) is 2. The first-order valence-corrected chi connectivity index (χ1v) is 17.5. The molecular formula is C29H36N5O8PS2. The van der Waals surface area contributed by atoms with Crippen molar-refractivity contribution in [3.05, 3.63) is 94.5 Å². The minimum atomic E-state index is -1.39. The van der Waals surface area contributed by atoms with E-state index in [1.807, 2.05) is 30.3 Å². The van der Waals surface area contributed by atoms with Crippen LogP contribution in [0, 0.1) is 5.92 Å². The Balaban J connectivity index is 0.000000210. The van der Waals surface area contributed by atoms with Gasteiger partial charge in [-0.2, -0.15) is 4.98 Å². The van der Waals surface area contributed by atoms with E-state index in [1.165, 1.54) is 24.0 Å². The van der Waals surface area contributed by atoms with Gasteiger partial charge in [0, 0.05) is 23.4 Å². The van der Waals surface area contributed by atoms with Gasteiger partial charge in [0.2, 0.25) is 5.12 Å². The van der Waals surface area contributed by atoms with E-state index in [0.29, 0.717) is 11.5 Å². The highest BCUT2D eigenvalue weighted by Crippen LogP contribution is 2.37. The molecule has 0 bridgehead atoms. The number of nitrogens with two attached hydrogens (primary N) is 2. The van der Waals surface area contributed by atoms with Gasteiger partial charge in [0.25, 0.3) is 0 Å². The Morgan fingerprint density at radius 2 is 1.76 bits per heavy atom. The molecule has 45 heavy (non-hydrogen) atoms. The van der Waals surface area contributed by atoms with Crippen molar-refractivity contribution >= 4 is 48.4 Å². The van der Waals surface area contributed by atoms with Crippen LogP contribution in [0.15, 0.2) is 77.7 Å². The summed E-state index contributed by atoms with van der Waals surface area (Å²) in [6.45, 7) is 0.656. The van der Waals surface area contributed by atoms with E-state index in [0.717, 1.165) is 35.3 Å². The molecule has 0 aliphatic carbocycles. The SMILES string of the molecule is NP(S)OC1NCCC1CCSC(=O)c1ccccc1.Nc1ccn([C@@H]2O[C@H](COC(=O)c3ccccc3)[C@@H](O)[C@H]2O)c(=O)n1. The van der Waals surface area contributed by atoms with Crippen molar-refractivity contribution in [1.82, 2.24) is 14.9 Å². The maximum absolute atomic E-state index is 12.0. The minimum absolute atomic E-state index is 0.0176. The predicted molar refractivity (Wildman–Crippen MR) is 174 cm³/mol. The van der Waals surface area contributed by atoms with Crippen molar-refractivity contribution in [2.75, 3.05) is 24.6 Å². The molecule has 3 aromatic rings. The summed E-state index contributed by atoms with van der Waals surface area (Å²) in [6, 6.07) is 19.1. The lowest BCUT2D eigenvalue weighted by molar-refractivity contribution is -0.0598. The Kier molecular flexibility index (Phi) is 13.4. The lowest BCUT2D eigenvalue weighted by Gasteiger charge is -2.20. The Morgan fingerprint density at radius 3 is 2.40 bits per heavy atom. The Bertz CT molecular complexity index is 1460. The molecule has 3 heterocycles. The summed E-state index contributed by atoms with van der Waals surface area (Å²) in [5.41, 5.74) is 11.4. The normalized spacial score (nSPS) is 24.8. The van der Waals surface area contributed by atoms with Crippen LogP contribution in [0.2, 0.25) is 0 Å². The molecule has 2 aliphatic heterocycles. The summed E-state index contributed by atoms with van der Waals surface area (Å²) in [6.07, 6.45) is -1.57. The van der Waals surface area contributed by atoms with Crippen LogP contribution in [-0.4, -0.2) is 74.3 Å². The van der Waals surface area contributed by atoms with Gasteiger partial charge in [0.05, 0.1) is 5.56 Å². The number of hydrogen-bond acceptors (Lipinski definition) is 14. The standard InChI is InChI=1S/C16H17N3O6.C13H19N2O2PS2/c17-11-6-7-19(16(23)18-11)14-13(21)12(20)10(25-14)8-24-15(22)9-4-2-1-3-5-9;14-18(19)17-12-10(6-8-15-12)7-9-20-13(16)11-4-2-1-3-5-11/h1-7,10,12-14,20-21H,8H2,(H2,17,18,23);1-5,10,12,15,19H,6-9,14H2/t10-,12-,13-,14-;/m1./s1. The molecule has 7 N–H and O–H groups in total. The number of carbonyl (C=O) groups excluding carboxylic acids is 2. The molecule has 2 aliphatic rings. The van der Waals surface area contributed by atoms with Crippen LogP contribution < -0.4 is 22.2 Å². The first kappa shape index (κ1) is 35.0. The molecule has 0 amide bonds. The van der Waals surface area contributed by atoms with Gasteiger partial charge in [-0.3, -0.25) is 20.2 Å². The number of rotatable bonds is 10. The lowest BCUT2D eigenvalue weighted by atomic mass is 10.1. The number of anilines is 1. The third-order valence-electron chi connectivity index (χ3n) is 7.09. The van der Waals surface area contributed by atoms with Crippen molar-refractivity contribution in [2.45, 2.75) is 43.6 Å². The number of hydrogen-bond donors (Lipinski definition) is 6. The summed E-state index contributed by atoms with van der Waals surface area (Å²) >= 11 is 5.48. The van der Waals surface area contributed by atoms with E-state index in [4.69, 9.17) is 25.2 Å². The molecule has 0 saturated carbocycles. The second-order valence-electron chi connectivity index (χ2n) is 10.2. The van der Waals surface area contributed by atoms with Crippen LogP contribution in [-0.2, 0) is 14.0 Å². The van der Waals surface area contributed by atoms with Crippen LogP contribution in [0.4, 0.5) is 5.82 Å². The van der Waals surface area contributed by atoms with Crippen LogP contribution >= 0.6 is 31.5 Å². The topological polar surface area (TPSA) is 201 Å². The molecule has 2 saturated heterocycles. The number of nitrogens with zero attached hydrogens (tertiary/aromatic N) is 2. The monoisotopic (exact) mass is 677 g/mol. The fraction of sp³-hybridized carbons (Fsp3) is 0.379. The van der Waals surface area contributed by atoms with Crippen LogP contribution in [0.5, 0.6) is 0 Å². The highest BCUT2D eigenvalue weighted by molar-refractivity contribution is 8.42. The molecule has 2 fully saturated rings. The second-order valence-corrected chi connectivity index (χ2v) is 13.2. The zero-order chi connectivity index (χ0) is 32.3. The number of aliphatic hydroxyl groups is 2. The number of nitrogens with one attached hydrogen (secondary N) is 1. The summed E-state index contributed by atoms with van der Waals surface area (Å²) in [7, 11) is -1.14. The Hall–Kier alpha value is -2.85. The van der Waals surface area contributed by atoms with Crippen LogP contribution in [0.3, 0.4) is 0 Å². The highest BCUT2D eigenvalue weighted by atomic mass is 32.7. The molecule has 1 aromatic heterocycles. The Morgan fingerprint density at radius 1 is 1.09 bits per heavy atom.